The van der Waals surface area contributed by atoms with Crippen LogP contribution < -0.4 is 5.32 Å². The van der Waals surface area contributed by atoms with Crippen LogP contribution in [-0.2, 0) is 19.1 Å². The summed E-state index contributed by atoms with van der Waals surface area (Å²) in [4.78, 5) is 37.4. The largest absolute Gasteiger partial charge is 0.467 e. The van der Waals surface area contributed by atoms with E-state index >= 15 is 0 Å². The van der Waals surface area contributed by atoms with Crippen molar-refractivity contribution in [1.82, 2.24) is 10.2 Å². The van der Waals surface area contributed by atoms with Crippen molar-refractivity contribution in [2.45, 2.75) is 57.3 Å². The Labute approximate surface area is 117 Å². The Kier molecular flexibility index (Phi) is 3.62. The van der Waals surface area contributed by atoms with E-state index in [4.69, 9.17) is 4.74 Å². The maximum absolute atomic E-state index is 12.2. The maximum atomic E-state index is 12.2. The molecule has 3 atom stereocenters. The Morgan fingerprint density at radius 1 is 1.30 bits per heavy atom. The van der Waals surface area contributed by atoms with Crippen LogP contribution in [0.15, 0.2) is 0 Å². The van der Waals surface area contributed by atoms with Gasteiger partial charge in [-0.25, -0.2) is 9.59 Å². The maximum Gasteiger partial charge on any atom is 0.411 e. The highest BCUT2D eigenvalue weighted by Gasteiger charge is 2.53. The van der Waals surface area contributed by atoms with Crippen molar-refractivity contribution in [2.75, 3.05) is 7.11 Å². The van der Waals surface area contributed by atoms with Crippen LogP contribution >= 0.6 is 0 Å². The van der Waals surface area contributed by atoms with Gasteiger partial charge in [-0.3, -0.25) is 9.69 Å². The van der Waals surface area contributed by atoms with Crippen LogP contribution in [0.1, 0.15) is 33.6 Å². The number of amides is 2. The number of hydrogen-bond acceptors (Lipinski definition) is 5. The summed E-state index contributed by atoms with van der Waals surface area (Å²) < 4.78 is 10.0. The molecule has 0 aromatic heterocycles. The molecule has 0 saturated carbocycles. The standard InChI is InChI=1S/C13H20N2O5/c1-13(2,3)20-12(18)15-7-5-6-8(15)10(16)14-9(7)11(17)19-4/h7-9H,5-6H2,1-4H3,(H,14,16)/t7-,8+,9-/m0/s1. The minimum absolute atomic E-state index is 0.333. The summed E-state index contributed by atoms with van der Waals surface area (Å²) in [6.07, 6.45) is 0.541. The number of piperazine rings is 1. The summed E-state index contributed by atoms with van der Waals surface area (Å²) >= 11 is 0. The summed E-state index contributed by atoms with van der Waals surface area (Å²) in [5.74, 6) is -0.878. The molecular weight excluding hydrogens is 264 g/mol. The third-order valence-corrected chi connectivity index (χ3v) is 3.47. The first kappa shape index (κ1) is 14.6. The molecule has 2 bridgehead atoms. The zero-order chi connectivity index (χ0) is 15.1. The Balaban J connectivity index is 2.22. The van der Waals surface area contributed by atoms with Crippen LogP contribution in [0.5, 0.6) is 0 Å². The minimum atomic E-state index is -0.821. The monoisotopic (exact) mass is 284 g/mol. The molecule has 2 amide bonds. The zero-order valence-corrected chi connectivity index (χ0v) is 12.1. The number of methoxy groups -OCH3 is 1. The van der Waals surface area contributed by atoms with Crippen molar-refractivity contribution >= 4 is 18.0 Å². The van der Waals surface area contributed by atoms with Crippen LogP contribution in [0.4, 0.5) is 4.79 Å². The Bertz CT molecular complexity index is 443. The number of fused-ring (bicyclic) bond motifs is 2. The molecule has 0 aliphatic carbocycles. The number of carbonyl (C=O) groups excluding carboxylic acids is 3. The number of ether oxygens (including phenoxy) is 2. The molecule has 2 heterocycles. The second-order valence-electron chi connectivity index (χ2n) is 6.06. The quantitative estimate of drug-likeness (QED) is 0.706. The van der Waals surface area contributed by atoms with Crippen molar-refractivity contribution in [1.29, 1.82) is 0 Å². The minimum Gasteiger partial charge on any atom is -0.467 e. The molecule has 1 N–H and O–H groups in total. The molecule has 7 heteroatoms. The smallest absolute Gasteiger partial charge is 0.411 e. The fourth-order valence-corrected chi connectivity index (χ4v) is 2.69. The number of esters is 1. The van der Waals surface area contributed by atoms with Crippen LogP contribution in [0.2, 0.25) is 0 Å². The van der Waals surface area contributed by atoms with Crippen molar-refractivity contribution in [3.8, 4) is 0 Å². The number of nitrogens with zero attached hydrogens (tertiary/aromatic N) is 1. The van der Waals surface area contributed by atoms with Crippen molar-refractivity contribution in [3.63, 3.8) is 0 Å². The van der Waals surface area contributed by atoms with Crippen LogP contribution in [-0.4, -0.2) is 53.7 Å². The van der Waals surface area contributed by atoms with Crippen molar-refractivity contribution in [2.24, 2.45) is 0 Å². The van der Waals surface area contributed by atoms with E-state index in [2.05, 4.69) is 10.1 Å². The number of rotatable bonds is 1. The number of carbonyl (C=O) groups is 3. The van der Waals surface area contributed by atoms with Gasteiger partial charge in [-0.15, -0.1) is 0 Å². The van der Waals surface area contributed by atoms with E-state index in [1.54, 1.807) is 20.8 Å². The lowest BCUT2D eigenvalue weighted by Crippen LogP contribution is -2.65. The van der Waals surface area contributed by atoms with Crippen LogP contribution in [0.3, 0.4) is 0 Å². The third-order valence-electron chi connectivity index (χ3n) is 3.47. The van der Waals surface area contributed by atoms with Gasteiger partial charge in [-0.2, -0.15) is 0 Å². The van der Waals surface area contributed by atoms with Gasteiger partial charge in [-0.1, -0.05) is 0 Å². The lowest BCUT2D eigenvalue weighted by molar-refractivity contribution is -0.150. The van der Waals surface area contributed by atoms with Gasteiger partial charge in [0.05, 0.1) is 13.2 Å². The van der Waals surface area contributed by atoms with Gasteiger partial charge < -0.3 is 14.8 Å². The fraction of sp³-hybridized carbons (Fsp3) is 0.769. The normalized spacial score (nSPS) is 28.9. The number of nitrogens with one attached hydrogen (secondary N) is 1. The van der Waals surface area contributed by atoms with Gasteiger partial charge in [-0.05, 0) is 33.6 Å². The van der Waals surface area contributed by atoms with Crippen LogP contribution in [0.25, 0.3) is 0 Å². The Morgan fingerprint density at radius 3 is 2.50 bits per heavy atom. The van der Waals surface area contributed by atoms with E-state index in [-0.39, 0.29) is 5.91 Å². The topological polar surface area (TPSA) is 84.9 Å². The molecule has 0 spiro atoms. The van der Waals surface area contributed by atoms with E-state index in [1.807, 2.05) is 0 Å². The molecule has 0 aromatic rings. The van der Waals surface area contributed by atoms with Crippen molar-refractivity contribution < 1.29 is 23.9 Å². The van der Waals surface area contributed by atoms with Gasteiger partial charge in [0, 0.05) is 0 Å². The van der Waals surface area contributed by atoms with E-state index in [1.165, 1.54) is 12.0 Å². The lowest BCUT2D eigenvalue weighted by Gasteiger charge is -2.39. The second kappa shape index (κ2) is 4.96. The lowest BCUT2D eigenvalue weighted by atomic mass is 10.1. The second-order valence-corrected chi connectivity index (χ2v) is 6.06. The summed E-state index contributed by atoms with van der Waals surface area (Å²) in [5, 5.41) is 2.61. The average molecular weight is 284 g/mol. The molecule has 0 radical (unpaired) electrons. The van der Waals surface area contributed by atoms with Gasteiger partial charge in [0.1, 0.15) is 17.7 Å². The van der Waals surface area contributed by atoms with E-state index < -0.39 is 35.8 Å². The molecule has 2 aliphatic heterocycles. The summed E-state index contributed by atoms with van der Waals surface area (Å²) in [5.41, 5.74) is -0.648. The van der Waals surface area contributed by atoms with Gasteiger partial charge in [0.25, 0.3) is 0 Å². The molecule has 2 aliphatic rings. The van der Waals surface area contributed by atoms with Gasteiger partial charge >= 0.3 is 12.1 Å². The predicted octanol–water partition coefficient (Wildman–Crippen LogP) is 0.426. The molecule has 2 fully saturated rings. The Morgan fingerprint density at radius 2 is 1.95 bits per heavy atom. The summed E-state index contributed by atoms with van der Waals surface area (Å²) in [6, 6.07) is -1.78. The highest BCUT2D eigenvalue weighted by Crippen LogP contribution is 2.32. The Hall–Kier alpha value is -1.79. The molecule has 112 valence electrons. The van der Waals surface area contributed by atoms with E-state index in [9.17, 15) is 14.4 Å². The average Bonchev–Trinajstić information content (AvgIpc) is 2.70. The molecular formula is C13H20N2O5. The van der Waals surface area contributed by atoms with Crippen LogP contribution in [0, 0.1) is 0 Å². The highest BCUT2D eigenvalue weighted by atomic mass is 16.6. The molecule has 0 aromatic carbocycles. The van der Waals surface area contributed by atoms with E-state index in [0.29, 0.717) is 12.8 Å². The molecule has 7 nitrogen and oxygen atoms in total. The fourth-order valence-electron chi connectivity index (χ4n) is 2.69. The first-order valence-electron chi connectivity index (χ1n) is 6.64. The molecule has 0 unspecified atom stereocenters. The number of hydrogen-bond donors (Lipinski definition) is 1. The van der Waals surface area contributed by atoms with Gasteiger partial charge in [0.15, 0.2) is 0 Å². The van der Waals surface area contributed by atoms with E-state index in [0.717, 1.165) is 0 Å². The molecule has 2 rings (SSSR count). The molecule has 20 heavy (non-hydrogen) atoms. The molecule has 2 saturated heterocycles. The first-order valence-corrected chi connectivity index (χ1v) is 6.64. The summed E-state index contributed by atoms with van der Waals surface area (Å²) in [7, 11) is 1.26. The highest BCUT2D eigenvalue weighted by molar-refractivity contribution is 5.93. The summed E-state index contributed by atoms with van der Waals surface area (Å²) in [6.45, 7) is 5.28. The predicted molar refractivity (Wildman–Crippen MR) is 68.8 cm³/mol. The first-order chi connectivity index (χ1) is 9.24. The van der Waals surface area contributed by atoms with Crippen molar-refractivity contribution in [3.05, 3.63) is 0 Å². The van der Waals surface area contributed by atoms with Gasteiger partial charge in [0.2, 0.25) is 5.91 Å². The SMILES string of the molecule is COC(=O)[C@H]1NC(=O)[C@H]2CC[C@@H]1N2C(=O)OC(C)(C)C. The third kappa shape index (κ3) is 2.57. The zero-order valence-electron chi connectivity index (χ0n) is 12.1.